The van der Waals surface area contributed by atoms with Crippen molar-refractivity contribution in [2.75, 3.05) is 24.6 Å². The highest BCUT2D eigenvalue weighted by atomic mass is 32.2. The summed E-state index contributed by atoms with van der Waals surface area (Å²) in [5.74, 6) is 2.86. The third-order valence-electron chi connectivity index (χ3n) is 3.84. The summed E-state index contributed by atoms with van der Waals surface area (Å²) in [6.45, 7) is 1.52. The average molecular weight is 356 g/mol. The number of benzene rings is 1. The maximum atomic E-state index is 12.7. The molecule has 7 heteroatoms. The van der Waals surface area contributed by atoms with E-state index in [2.05, 4.69) is 10.1 Å². The molecule has 1 fully saturated rings. The van der Waals surface area contributed by atoms with Crippen LogP contribution in [0, 0.1) is 0 Å². The van der Waals surface area contributed by atoms with Gasteiger partial charge in [0.25, 0.3) is 5.91 Å². The number of rotatable bonds is 3. The molecule has 0 aliphatic carbocycles. The van der Waals surface area contributed by atoms with Crippen molar-refractivity contribution in [3.63, 3.8) is 0 Å². The number of carbonyl (C=O) groups is 1. The molecule has 0 N–H and O–H groups in total. The predicted octanol–water partition coefficient (Wildman–Crippen LogP) is 3.18. The molecule has 1 aliphatic heterocycles. The Morgan fingerprint density at radius 1 is 1.04 bits per heavy atom. The molecule has 2 aromatic heterocycles. The minimum absolute atomic E-state index is 0.0808. The first-order valence-electron chi connectivity index (χ1n) is 7.76. The summed E-state index contributed by atoms with van der Waals surface area (Å²) in [4.78, 5) is 20.2. The summed E-state index contributed by atoms with van der Waals surface area (Å²) in [7, 11) is 0. The second kappa shape index (κ2) is 6.78. The molecule has 0 radical (unpaired) electrons. The summed E-state index contributed by atoms with van der Waals surface area (Å²) >= 11 is 3.47. The monoisotopic (exact) mass is 356 g/mol. The zero-order valence-corrected chi connectivity index (χ0v) is 14.6. The number of hydrogen-bond donors (Lipinski definition) is 0. The molecular formula is C17H16N4OS2. The molecule has 3 heterocycles. The van der Waals surface area contributed by atoms with Crippen molar-refractivity contribution >= 4 is 29.0 Å². The smallest absolute Gasteiger partial charge is 0.293 e. The van der Waals surface area contributed by atoms with E-state index in [1.54, 1.807) is 16.0 Å². The van der Waals surface area contributed by atoms with Gasteiger partial charge in [0.15, 0.2) is 5.82 Å². The standard InChI is InChI=1S/C17H16N4OS2/c22-17(20-8-11-23-12-9-20)15-18-16(14-7-4-10-24-14)21(19-15)13-5-2-1-3-6-13/h1-7,10H,8-9,11-12H2. The van der Waals surface area contributed by atoms with Crippen LogP contribution in [0.4, 0.5) is 0 Å². The highest BCUT2D eigenvalue weighted by Gasteiger charge is 2.24. The summed E-state index contributed by atoms with van der Waals surface area (Å²) in [5, 5.41) is 6.53. The molecule has 0 bridgehead atoms. The first-order valence-corrected chi connectivity index (χ1v) is 9.80. The van der Waals surface area contributed by atoms with Gasteiger partial charge in [-0.25, -0.2) is 9.67 Å². The Balaban J connectivity index is 1.75. The van der Waals surface area contributed by atoms with E-state index in [1.807, 2.05) is 64.5 Å². The second-order valence-electron chi connectivity index (χ2n) is 5.39. The van der Waals surface area contributed by atoms with Crippen molar-refractivity contribution in [2.45, 2.75) is 0 Å². The van der Waals surface area contributed by atoms with E-state index in [-0.39, 0.29) is 11.7 Å². The van der Waals surface area contributed by atoms with E-state index in [9.17, 15) is 4.79 Å². The molecule has 122 valence electrons. The van der Waals surface area contributed by atoms with Gasteiger partial charge in [0.05, 0.1) is 10.6 Å². The van der Waals surface area contributed by atoms with Crippen molar-refractivity contribution < 1.29 is 4.79 Å². The van der Waals surface area contributed by atoms with Crippen molar-refractivity contribution in [2.24, 2.45) is 0 Å². The van der Waals surface area contributed by atoms with E-state index in [0.717, 1.165) is 35.2 Å². The van der Waals surface area contributed by atoms with Crippen LogP contribution < -0.4 is 0 Å². The minimum atomic E-state index is -0.0808. The Morgan fingerprint density at radius 2 is 1.83 bits per heavy atom. The predicted molar refractivity (Wildman–Crippen MR) is 97.9 cm³/mol. The number of carbonyl (C=O) groups excluding carboxylic acids is 1. The molecule has 3 aromatic rings. The summed E-state index contributed by atoms with van der Waals surface area (Å²) in [6, 6.07) is 13.8. The highest BCUT2D eigenvalue weighted by molar-refractivity contribution is 7.99. The molecule has 0 unspecified atom stereocenters. The fourth-order valence-electron chi connectivity index (χ4n) is 2.63. The number of aromatic nitrogens is 3. The minimum Gasteiger partial charge on any atom is -0.334 e. The van der Waals surface area contributed by atoms with Gasteiger partial charge in [0.2, 0.25) is 5.82 Å². The molecule has 5 nitrogen and oxygen atoms in total. The lowest BCUT2D eigenvalue weighted by Crippen LogP contribution is -2.38. The summed E-state index contributed by atoms with van der Waals surface area (Å²) in [6.07, 6.45) is 0. The molecule has 0 spiro atoms. The molecule has 1 saturated heterocycles. The second-order valence-corrected chi connectivity index (χ2v) is 7.56. The topological polar surface area (TPSA) is 51.0 Å². The Labute approximate surface area is 148 Å². The van der Waals surface area contributed by atoms with E-state index < -0.39 is 0 Å². The lowest BCUT2D eigenvalue weighted by molar-refractivity contribution is 0.0760. The van der Waals surface area contributed by atoms with Gasteiger partial charge >= 0.3 is 0 Å². The van der Waals surface area contributed by atoms with Crippen LogP contribution in [-0.2, 0) is 0 Å². The zero-order valence-electron chi connectivity index (χ0n) is 13.0. The van der Waals surface area contributed by atoms with Crippen LogP contribution in [0.15, 0.2) is 47.8 Å². The van der Waals surface area contributed by atoms with Crippen LogP contribution >= 0.6 is 23.1 Å². The van der Waals surface area contributed by atoms with Gasteiger partial charge < -0.3 is 4.90 Å². The molecule has 1 amide bonds. The maximum Gasteiger partial charge on any atom is 0.293 e. The number of amides is 1. The highest BCUT2D eigenvalue weighted by Crippen LogP contribution is 2.26. The van der Waals surface area contributed by atoms with Gasteiger partial charge in [-0.1, -0.05) is 24.3 Å². The Bertz CT molecular complexity index is 824. The van der Waals surface area contributed by atoms with E-state index in [4.69, 9.17) is 0 Å². The van der Waals surface area contributed by atoms with Crippen LogP contribution in [0.1, 0.15) is 10.6 Å². The number of nitrogens with zero attached hydrogens (tertiary/aromatic N) is 4. The van der Waals surface area contributed by atoms with Crippen LogP contribution in [0.25, 0.3) is 16.4 Å². The normalized spacial score (nSPS) is 14.8. The number of thiophene rings is 1. The zero-order chi connectivity index (χ0) is 16.4. The first kappa shape index (κ1) is 15.4. The van der Waals surface area contributed by atoms with Gasteiger partial charge in [-0.15, -0.1) is 16.4 Å². The number of hydrogen-bond acceptors (Lipinski definition) is 5. The van der Waals surface area contributed by atoms with Crippen molar-refractivity contribution in [3.05, 3.63) is 53.7 Å². The summed E-state index contributed by atoms with van der Waals surface area (Å²) < 4.78 is 1.76. The Morgan fingerprint density at radius 3 is 2.54 bits per heavy atom. The van der Waals surface area contributed by atoms with Gasteiger partial charge in [0.1, 0.15) is 0 Å². The van der Waals surface area contributed by atoms with Crippen molar-refractivity contribution in [1.29, 1.82) is 0 Å². The largest absolute Gasteiger partial charge is 0.334 e. The number of para-hydroxylation sites is 1. The van der Waals surface area contributed by atoms with Crippen LogP contribution in [-0.4, -0.2) is 50.2 Å². The van der Waals surface area contributed by atoms with Crippen LogP contribution in [0.2, 0.25) is 0 Å². The third-order valence-corrected chi connectivity index (χ3v) is 5.65. The lowest BCUT2D eigenvalue weighted by Gasteiger charge is -2.24. The molecule has 0 saturated carbocycles. The quantitative estimate of drug-likeness (QED) is 0.723. The maximum absolute atomic E-state index is 12.7. The fraction of sp³-hybridized carbons (Fsp3) is 0.235. The van der Waals surface area contributed by atoms with Gasteiger partial charge in [-0.2, -0.15) is 11.8 Å². The molecule has 4 rings (SSSR count). The van der Waals surface area contributed by atoms with Crippen molar-refractivity contribution in [1.82, 2.24) is 19.7 Å². The van der Waals surface area contributed by atoms with Gasteiger partial charge in [-0.05, 0) is 23.6 Å². The van der Waals surface area contributed by atoms with Crippen LogP contribution in [0.3, 0.4) is 0 Å². The lowest BCUT2D eigenvalue weighted by atomic mass is 10.3. The Kier molecular flexibility index (Phi) is 4.36. The van der Waals surface area contributed by atoms with E-state index in [1.165, 1.54) is 0 Å². The third kappa shape index (κ3) is 2.97. The van der Waals surface area contributed by atoms with E-state index in [0.29, 0.717) is 5.82 Å². The Hall–Kier alpha value is -2.12. The van der Waals surface area contributed by atoms with Gasteiger partial charge in [-0.3, -0.25) is 4.79 Å². The van der Waals surface area contributed by atoms with Crippen LogP contribution in [0.5, 0.6) is 0 Å². The molecular weight excluding hydrogens is 340 g/mol. The SMILES string of the molecule is O=C(c1nc(-c2cccs2)n(-c2ccccc2)n1)N1CCSCC1. The van der Waals surface area contributed by atoms with Gasteiger partial charge in [0, 0.05) is 24.6 Å². The van der Waals surface area contributed by atoms with E-state index >= 15 is 0 Å². The van der Waals surface area contributed by atoms with Crippen molar-refractivity contribution in [3.8, 4) is 16.4 Å². The first-order chi connectivity index (χ1) is 11.8. The fourth-order valence-corrected chi connectivity index (χ4v) is 4.23. The molecule has 0 atom stereocenters. The molecule has 24 heavy (non-hydrogen) atoms. The number of thioether (sulfide) groups is 1. The average Bonchev–Trinajstić information content (AvgIpc) is 3.32. The summed E-state index contributed by atoms with van der Waals surface area (Å²) in [5.41, 5.74) is 0.904. The molecule has 1 aliphatic rings. The molecule has 1 aromatic carbocycles.